The van der Waals surface area contributed by atoms with Gasteiger partial charge >= 0.3 is 0 Å². The molecule has 1 aromatic rings. The van der Waals surface area contributed by atoms with Crippen LogP contribution in [0, 0.1) is 0 Å². The SMILES string of the molecule is CN(Cc1ccc(Br)c(Br)c1)C(C)(C)CO. The predicted molar refractivity (Wildman–Crippen MR) is 74.5 cm³/mol. The highest BCUT2D eigenvalue weighted by molar-refractivity contribution is 9.13. The fourth-order valence-electron chi connectivity index (χ4n) is 1.25. The molecule has 2 nitrogen and oxygen atoms in total. The summed E-state index contributed by atoms with van der Waals surface area (Å²) in [6.45, 7) is 5.03. The molecule has 4 heteroatoms. The minimum atomic E-state index is -0.195. The van der Waals surface area contributed by atoms with Crippen LogP contribution in [-0.4, -0.2) is 29.2 Å². The van der Waals surface area contributed by atoms with E-state index in [-0.39, 0.29) is 12.1 Å². The van der Waals surface area contributed by atoms with E-state index < -0.39 is 0 Å². The highest BCUT2D eigenvalue weighted by Gasteiger charge is 2.22. The maximum atomic E-state index is 9.28. The number of halogens is 2. The first-order chi connectivity index (χ1) is 7.36. The first-order valence-corrected chi connectivity index (χ1v) is 6.71. The Morgan fingerprint density at radius 3 is 2.38 bits per heavy atom. The molecular weight excluding hydrogens is 334 g/mol. The monoisotopic (exact) mass is 349 g/mol. The first kappa shape index (κ1) is 14.2. The Morgan fingerprint density at radius 2 is 1.88 bits per heavy atom. The van der Waals surface area contributed by atoms with Crippen LogP contribution in [0.2, 0.25) is 0 Å². The molecule has 0 aliphatic heterocycles. The zero-order chi connectivity index (χ0) is 12.3. The van der Waals surface area contributed by atoms with Gasteiger partial charge in [-0.05, 0) is 70.5 Å². The lowest BCUT2D eigenvalue weighted by Crippen LogP contribution is -2.43. The third-order valence-electron chi connectivity index (χ3n) is 2.82. The predicted octanol–water partition coefficient (Wildman–Crippen LogP) is 3.41. The summed E-state index contributed by atoms with van der Waals surface area (Å²) in [7, 11) is 2.02. The Labute approximate surface area is 114 Å². The van der Waals surface area contributed by atoms with Crippen molar-refractivity contribution in [3.63, 3.8) is 0 Å². The number of likely N-dealkylation sites (N-methyl/N-ethyl adjacent to an activating group) is 1. The summed E-state index contributed by atoms with van der Waals surface area (Å²) < 4.78 is 2.11. The molecule has 0 aliphatic rings. The van der Waals surface area contributed by atoms with Crippen molar-refractivity contribution in [2.75, 3.05) is 13.7 Å². The molecule has 1 aromatic carbocycles. The summed E-state index contributed by atoms with van der Waals surface area (Å²) in [4.78, 5) is 2.14. The molecular formula is C12H17Br2NO. The van der Waals surface area contributed by atoms with E-state index in [1.807, 2.05) is 27.0 Å². The summed E-state index contributed by atoms with van der Waals surface area (Å²) >= 11 is 6.94. The normalized spacial score (nSPS) is 12.2. The van der Waals surface area contributed by atoms with Crippen LogP contribution in [0.15, 0.2) is 27.1 Å². The quantitative estimate of drug-likeness (QED) is 0.899. The standard InChI is InChI=1S/C12H17Br2NO/c1-12(2,8-16)15(3)7-9-4-5-10(13)11(14)6-9/h4-6,16H,7-8H2,1-3H3. The van der Waals surface area contributed by atoms with Gasteiger partial charge in [0.1, 0.15) is 0 Å². The van der Waals surface area contributed by atoms with Crippen molar-refractivity contribution >= 4 is 31.9 Å². The van der Waals surface area contributed by atoms with Gasteiger partial charge in [-0.1, -0.05) is 6.07 Å². The molecule has 0 spiro atoms. The number of hydrogen-bond donors (Lipinski definition) is 1. The largest absolute Gasteiger partial charge is 0.394 e. The topological polar surface area (TPSA) is 23.5 Å². The summed E-state index contributed by atoms with van der Waals surface area (Å²) in [5.41, 5.74) is 1.03. The lowest BCUT2D eigenvalue weighted by atomic mass is 10.0. The van der Waals surface area contributed by atoms with Crippen LogP contribution in [0.3, 0.4) is 0 Å². The highest BCUT2D eigenvalue weighted by Crippen LogP contribution is 2.25. The maximum absolute atomic E-state index is 9.28. The molecule has 0 aliphatic carbocycles. The van der Waals surface area contributed by atoms with E-state index in [9.17, 15) is 5.11 Å². The van der Waals surface area contributed by atoms with E-state index >= 15 is 0 Å². The summed E-state index contributed by atoms with van der Waals surface area (Å²) in [6.07, 6.45) is 0. The molecule has 0 unspecified atom stereocenters. The number of hydrogen-bond acceptors (Lipinski definition) is 2. The number of aliphatic hydroxyl groups is 1. The van der Waals surface area contributed by atoms with Crippen molar-refractivity contribution in [1.82, 2.24) is 4.90 Å². The van der Waals surface area contributed by atoms with Crippen molar-refractivity contribution < 1.29 is 5.11 Å². The molecule has 0 radical (unpaired) electrons. The van der Waals surface area contributed by atoms with Crippen molar-refractivity contribution in [2.24, 2.45) is 0 Å². The maximum Gasteiger partial charge on any atom is 0.0610 e. The summed E-state index contributed by atoms with van der Waals surface area (Å²) in [5, 5.41) is 9.28. The zero-order valence-corrected chi connectivity index (χ0v) is 13.0. The Balaban J connectivity index is 2.77. The Bertz CT molecular complexity index is 366. The first-order valence-electron chi connectivity index (χ1n) is 5.13. The number of benzene rings is 1. The smallest absolute Gasteiger partial charge is 0.0610 e. The lowest BCUT2D eigenvalue weighted by molar-refractivity contribution is 0.0734. The number of rotatable bonds is 4. The van der Waals surface area contributed by atoms with Crippen molar-refractivity contribution in [3.05, 3.63) is 32.7 Å². The average molecular weight is 351 g/mol. The van der Waals surface area contributed by atoms with Crippen LogP contribution in [0.1, 0.15) is 19.4 Å². The molecule has 90 valence electrons. The van der Waals surface area contributed by atoms with Crippen molar-refractivity contribution in [2.45, 2.75) is 25.9 Å². The van der Waals surface area contributed by atoms with Gasteiger partial charge in [-0.15, -0.1) is 0 Å². The van der Waals surface area contributed by atoms with Crippen LogP contribution in [0.4, 0.5) is 0 Å². The van der Waals surface area contributed by atoms with Gasteiger partial charge in [0.2, 0.25) is 0 Å². The second-order valence-corrected chi connectivity index (χ2v) is 6.28. The number of aliphatic hydroxyl groups excluding tert-OH is 1. The fraction of sp³-hybridized carbons (Fsp3) is 0.500. The second-order valence-electron chi connectivity index (χ2n) is 4.58. The Kier molecular flexibility index (Phi) is 4.98. The molecule has 0 saturated carbocycles. The fourth-order valence-corrected chi connectivity index (χ4v) is 1.92. The van der Waals surface area contributed by atoms with Crippen LogP contribution in [0.25, 0.3) is 0 Å². The molecule has 1 N–H and O–H groups in total. The molecule has 1 rings (SSSR count). The van der Waals surface area contributed by atoms with E-state index in [0.29, 0.717) is 0 Å². The zero-order valence-electron chi connectivity index (χ0n) is 9.80. The molecule has 0 bridgehead atoms. The molecule has 0 aromatic heterocycles. The molecule has 0 saturated heterocycles. The van der Waals surface area contributed by atoms with E-state index in [2.05, 4.69) is 48.9 Å². The lowest BCUT2D eigenvalue weighted by Gasteiger charge is -2.33. The van der Waals surface area contributed by atoms with Gasteiger partial charge in [0.05, 0.1) is 6.61 Å². The Hall–Kier alpha value is 0.1000. The van der Waals surface area contributed by atoms with Crippen LogP contribution >= 0.6 is 31.9 Å². The average Bonchev–Trinajstić information content (AvgIpc) is 2.23. The molecule has 0 heterocycles. The van der Waals surface area contributed by atoms with Gasteiger partial charge < -0.3 is 5.11 Å². The minimum absolute atomic E-state index is 0.154. The third-order valence-corrected chi connectivity index (χ3v) is 4.70. The molecule has 0 amide bonds. The van der Waals surface area contributed by atoms with Crippen LogP contribution < -0.4 is 0 Å². The van der Waals surface area contributed by atoms with Gasteiger partial charge in [0.15, 0.2) is 0 Å². The van der Waals surface area contributed by atoms with E-state index in [1.165, 1.54) is 5.56 Å². The molecule has 0 atom stereocenters. The molecule has 16 heavy (non-hydrogen) atoms. The molecule has 0 fully saturated rings. The van der Waals surface area contributed by atoms with E-state index in [0.717, 1.165) is 15.5 Å². The van der Waals surface area contributed by atoms with Crippen molar-refractivity contribution in [3.8, 4) is 0 Å². The van der Waals surface area contributed by atoms with E-state index in [4.69, 9.17) is 0 Å². The van der Waals surface area contributed by atoms with Gasteiger partial charge in [0, 0.05) is 21.0 Å². The van der Waals surface area contributed by atoms with Gasteiger partial charge in [-0.25, -0.2) is 0 Å². The van der Waals surface area contributed by atoms with Crippen LogP contribution in [0.5, 0.6) is 0 Å². The van der Waals surface area contributed by atoms with Crippen LogP contribution in [-0.2, 0) is 6.54 Å². The van der Waals surface area contributed by atoms with E-state index in [1.54, 1.807) is 0 Å². The Morgan fingerprint density at radius 1 is 1.25 bits per heavy atom. The van der Waals surface area contributed by atoms with Gasteiger partial charge in [0.25, 0.3) is 0 Å². The van der Waals surface area contributed by atoms with Gasteiger partial charge in [-0.3, -0.25) is 4.90 Å². The summed E-state index contributed by atoms with van der Waals surface area (Å²) in [5.74, 6) is 0. The minimum Gasteiger partial charge on any atom is -0.394 e. The third kappa shape index (κ3) is 3.55. The summed E-state index contributed by atoms with van der Waals surface area (Å²) in [6, 6.07) is 6.20. The number of nitrogens with zero attached hydrogens (tertiary/aromatic N) is 1. The van der Waals surface area contributed by atoms with Gasteiger partial charge in [-0.2, -0.15) is 0 Å². The highest BCUT2D eigenvalue weighted by atomic mass is 79.9. The second kappa shape index (κ2) is 5.63. The van der Waals surface area contributed by atoms with Crippen molar-refractivity contribution in [1.29, 1.82) is 0 Å².